The maximum atomic E-state index is 12.2. The molecule has 10 heteroatoms. The summed E-state index contributed by atoms with van der Waals surface area (Å²) in [6.07, 6.45) is 5.06. The Bertz CT molecular complexity index is 1180. The summed E-state index contributed by atoms with van der Waals surface area (Å²) in [6.45, 7) is 5.07. The van der Waals surface area contributed by atoms with Crippen molar-refractivity contribution in [1.29, 1.82) is 0 Å². The third kappa shape index (κ3) is 6.30. The minimum Gasteiger partial charge on any atom is -0.508 e. The van der Waals surface area contributed by atoms with Crippen LogP contribution in [0.15, 0.2) is 48.5 Å². The number of carbonyl (C=O) groups is 1. The summed E-state index contributed by atoms with van der Waals surface area (Å²) in [5.41, 5.74) is 8.95. The molecule has 2 saturated heterocycles. The lowest BCUT2D eigenvalue weighted by atomic mass is 9.99. The number of aromatic nitrogens is 2. The number of amides is 1. The Hall–Kier alpha value is -2.99. The Morgan fingerprint density at radius 3 is 2.35 bits per heavy atom. The molecule has 3 heterocycles. The molecule has 0 saturated carbocycles. The van der Waals surface area contributed by atoms with Gasteiger partial charge < -0.3 is 31.3 Å². The van der Waals surface area contributed by atoms with E-state index >= 15 is 0 Å². The van der Waals surface area contributed by atoms with Crippen molar-refractivity contribution in [2.24, 2.45) is 5.73 Å². The lowest BCUT2D eigenvalue weighted by Crippen LogP contribution is -2.47. The second kappa shape index (κ2) is 11.6. The molecular formula is C27H34IN7O2. The minimum absolute atomic E-state index is 0.204. The highest BCUT2D eigenvalue weighted by Gasteiger charge is 2.27. The number of halogens is 1. The molecule has 0 radical (unpaired) electrons. The van der Waals surface area contributed by atoms with Crippen LogP contribution in [0.25, 0.3) is 0 Å². The van der Waals surface area contributed by atoms with Gasteiger partial charge in [0.25, 0.3) is 5.91 Å². The van der Waals surface area contributed by atoms with E-state index < -0.39 is 5.91 Å². The maximum Gasteiger partial charge on any atom is 0.256 e. The van der Waals surface area contributed by atoms with E-state index in [4.69, 9.17) is 5.73 Å². The van der Waals surface area contributed by atoms with Crippen molar-refractivity contribution < 1.29 is 9.90 Å². The van der Waals surface area contributed by atoms with Crippen LogP contribution in [0, 0.1) is 0 Å². The average Bonchev–Trinajstić information content (AvgIpc) is 3.32. The van der Waals surface area contributed by atoms with Gasteiger partial charge in [-0.05, 0) is 80.7 Å². The predicted octanol–water partition coefficient (Wildman–Crippen LogP) is 4.44. The molecule has 0 unspecified atom stereocenters. The van der Waals surface area contributed by atoms with Crippen LogP contribution in [0.4, 0.5) is 23.0 Å². The second-order valence-corrected chi connectivity index (χ2v) is 11.6. The number of piperidine rings is 2. The molecule has 3 aromatic rings. The fraction of sp³-hybridized carbons (Fsp3) is 0.407. The van der Waals surface area contributed by atoms with Gasteiger partial charge in [-0.3, -0.25) is 9.89 Å². The van der Waals surface area contributed by atoms with Crippen LogP contribution in [0.5, 0.6) is 5.75 Å². The molecule has 0 atom stereocenters. The molecule has 5 rings (SSSR count). The van der Waals surface area contributed by atoms with Crippen LogP contribution in [0.3, 0.4) is 0 Å². The van der Waals surface area contributed by atoms with Crippen molar-refractivity contribution in [2.45, 2.75) is 42.2 Å². The molecule has 2 aromatic carbocycles. The quantitative estimate of drug-likeness (QED) is 0.188. The Morgan fingerprint density at radius 2 is 1.70 bits per heavy atom. The van der Waals surface area contributed by atoms with Crippen LogP contribution < -0.4 is 21.3 Å². The first kappa shape index (κ1) is 25.7. The number of likely N-dealkylation sites (tertiary alicyclic amines) is 1. The number of aromatic amines is 1. The molecule has 2 aliphatic heterocycles. The molecule has 2 fully saturated rings. The van der Waals surface area contributed by atoms with Gasteiger partial charge in [0.15, 0.2) is 5.82 Å². The number of H-pyrrole nitrogens is 1. The molecule has 9 nitrogen and oxygen atoms in total. The van der Waals surface area contributed by atoms with Gasteiger partial charge in [0.2, 0.25) is 0 Å². The normalized spacial score (nSPS) is 17.6. The van der Waals surface area contributed by atoms with Gasteiger partial charge in [0.1, 0.15) is 17.1 Å². The van der Waals surface area contributed by atoms with Crippen molar-refractivity contribution in [3.63, 3.8) is 0 Å². The number of hydrogen-bond acceptors (Lipinski definition) is 7. The predicted molar refractivity (Wildman–Crippen MR) is 156 cm³/mol. The number of alkyl halides is 1. The monoisotopic (exact) mass is 615 g/mol. The SMILES string of the molecule is NC(=O)c1c(NCc2ccc(O)cc2)n[nH]c1Nc1ccc(N2CCC(N3CCC(I)CC3)CC2)cc1. The number of benzene rings is 2. The Morgan fingerprint density at radius 1 is 1.03 bits per heavy atom. The number of carbonyl (C=O) groups excluding carboxylic acids is 1. The van der Waals surface area contributed by atoms with E-state index in [-0.39, 0.29) is 11.3 Å². The zero-order chi connectivity index (χ0) is 25.8. The van der Waals surface area contributed by atoms with Gasteiger partial charge >= 0.3 is 0 Å². The van der Waals surface area contributed by atoms with Crippen molar-refractivity contribution >= 4 is 51.5 Å². The van der Waals surface area contributed by atoms with E-state index in [0.29, 0.717) is 24.2 Å². The summed E-state index contributed by atoms with van der Waals surface area (Å²) in [4.78, 5) is 17.4. The zero-order valence-corrected chi connectivity index (χ0v) is 22.9. The molecule has 2 aliphatic rings. The first-order chi connectivity index (χ1) is 18.0. The van der Waals surface area contributed by atoms with Gasteiger partial charge in [-0.15, -0.1) is 0 Å². The minimum atomic E-state index is -0.577. The summed E-state index contributed by atoms with van der Waals surface area (Å²) >= 11 is 2.59. The third-order valence-electron chi connectivity index (χ3n) is 7.35. The molecule has 0 spiro atoms. The summed E-state index contributed by atoms with van der Waals surface area (Å²) in [6, 6.07) is 15.8. The lowest BCUT2D eigenvalue weighted by Gasteiger charge is -2.41. The number of rotatable bonds is 8. The number of nitrogens with two attached hydrogens (primary N) is 1. The van der Waals surface area contributed by atoms with Gasteiger partial charge in [-0.1, -0.05) is 34.7 Å². The van der Waals surface area contributed by atoms with Crippen LogP contribution in [0.2, 0.25) is 0 Å². The van der Waals surface area contributed by atoms with Gasteiger partial charge in [0, 0.05) is 41.0 Å². The van der Waals surface area contributed by atoms with Crippen LogP contribution >= 0.6 is 22.6 Å². The van der Waals surface area contributed by atoms with E-state index in [0.717, 1.165) is 28.3 Å². The van der Waals surface area contributed by atoms with Crippen molar-refractivity contribution in [3.8, 4) is 5.75 Å². The number of primary amides is 1. The molecular weight excluding hydrogens is 581 g/mol. The van der Waals surface area contributed by atoms with Gasteiger partial charge in [-0.25, -0.2) is 0 Å². The molecule has 1 aromatic heterocycles. The van der Waals surface area contributed by atoms with Gasteiger partial charge in [-0.2, -0.15) is 5.10 Å². The van der Waals surface area contributed by atoms with Crippen LogP contribution in [0.1, 0.15) is 41.6 Å². The maximum absolute atomic E-state index is 12.2. The fourth-order valence-corrected chi connectivity index (χ4v) is 5.78. The number of phenols is 1. The van der Waals surface area contributed by atoms with E-state index in [1.807, 2.05) is 12.1 Å². The smallest absolute Gasteiger partial charge is 0.256 e. The number of anilines is 4. The van der Waals surface area contributed by atoms with Crippen molar-refractivity contribution in [1.82, 2.24) is 15.1 Å². The number of nitrogens with one attached hydrogen (secondary N) is 3. The average molecular weight is 616 g/mol. The van der Waals surface area contributed by atoms with E-state index in [1.165, 1.54) is 44.5 Å². The summed E-state index contributed by atoms with van der Waals surface area (Å²) in [5, 5.41) is 23.0. The summed E-state index contributed by atoms with van der Waals surface area (Å²) in [7, 11) is 0. The number of aromatic hydroxyl groups is 1. The van der Waals surface area contributed by atoms with Crippen LogP contribution in [-0.2, 0) is 6.54 Å². The number of nitrogens with zero attached hydrogens (tertiary/aromatic N) is 3. The molecule has 6 N–H and O–H groups in total. The Labute approximate surface area is 230 Å². The number of hydrogen-bond donors (Lipinski definition) is 5. The molecule has 0 aliphatic carbocycles. The highest BCUT2D eigenvalue weighted by molar-refractivity contribution is 14.1. The molecule has 37 heavy (non-hydrogen) atoms. The third-order valence-corrected chi connectivity index (χ3v) is 8.60. The van der Waals surface area contributed by atoms with E-state index in [1.54, 1.807) is 24.3 Å². The van der Waals surface area contributed by atoms with Crippen LogP contribution in [-0.4, -0.2) is 62.3 Å². The standard InChI is InChI=1S/C27H34IN7O2/c28-19-9-13-34(14-10-19)22-11-15-35(16-12-22)21-5-3-20(4-6-21)31-27-24(25(29)37)26(32-33-27)30-17-18-1-7-23(36)8-2-18/h1-8,19,22,36H,9-17H2,(H2,29,37)(H3,30,31,32,33). The zero-order valence-electron chi connectivity index (χ0n) is 20.8. The van der Waals surface area contributed by atoms with E-state index in [9.17, 15) is 9.90 Å². The Balaban J connectivity index is 1.18. The first-order valence-corrected chi connectivity index (χ1v) is 14.1. The van der Waals surface area contributed by atoms with Gasteiger partial charge in [0.05, 0.1) is 0 Å². The first-order valence-electron chi connectivity index (χ1n) is 12.9. The van der Waals surface area contributed by atoms with Crippen molar-refractivity contribution in [3.05, 3.63) is 59.7 Å². The fourth-order valence-electron chi connectivity index (χ4n) is 5.22. The highest BCUT2D eigenvalue weighted by Crippen LogP contribution is 2.29. The largest absolute Gasteiger partial charge is 0.508 e. The second-order valence-electron chi connectivity index (χ2n) is 9.81. The molecule has 0 bridgehead atoms. The Kier molecular flexibility index (Phi) is 8.04. The lowest BCUT2D eigenvalue weighted by molar-refractivity contribution is 0.100. The van der Waals surface area contributed by atoms with Crippen molar-refractivity contribution in [2.75, 3.05) is 41.7 Å². The molecule has 1 amide bonds. The summed E-state index contributed by atoms with van der Waals surface area (Å²) < 4.78 is 0.843. The highest BCUT2D eigenvalue weighted by atomic mass is 127. The van der Waals surface area contributed by atoms with E-state index in [2.05, 4.69) is 65.4 Å². The number of phenolic OH excluding ortho intramolecular Hbond substituents is 1. The summed E-state index contributed by atoms with van der Waals surface area (Å²) in [5.74, 6) is 0.455. The molecule has 196 valence electrons. The topological polar surface area (TPSA) is 123 Å².